The van der Waals surface area contributed by atoms with Crippen LogP contribution in [0.1, 0.15) is 17.3 Å². The molecule has 1 aliphatic rings. The van der Waals surface area contributed by atoms with Crippen molar-refractivity contribution in [2.45, 2.75) is 6.92 Å². The smallest absolute Gasteiger partial charge is 0.330 e. The molecular weight excluding hydrogens is 265 g/mol. The summed E-state index contributed by atoms with van der Waals surface area (Å²) in [5.41, 5.74) is -0.00413. The first-order valence-electron chi connectivity index (χ1n) is 6.04. The number of hydrogen-bond donors (Lipinski definition) is 0. The molecule has 1 amide bonds. The number of fused-ring (bicyclic) bond motifs is 1. The second-order valence-electron chi connectivity index (χ2n) is 4.04. The van der Waals surface area contributed by atoms with Gasteiger partial charge < -0.3 is 4.74 Å². The minimum atomic E-state index is -0.807. The number of esters is 1. The predicted molar refractivity (Wildman–Crippen MR) is 68.9 cm³/mol. The fraction of sp³-hybridized carbons (Fsp3) is 0.214. The summed E-state index contributed by atoms with van der Waals surface area (Å²) in [5, 5.41) is 0. The Bertz CT molecular complexity index is 609. The van der Waals surface area contributed by atoms with Gasteiger partial charge in [-0.1, -0.05) is 12.1 Å². The van der Waals surface area contributed by atoms with Crippen LogP contribution < -0.4 is 4.90 Å². The average Bonchev–Trinajstić information content (AvgIpc) is 2.66. The summed E-state index contributed by atoms with van der Waals surface area (Å²) in [6.45, 7) is 1.83. The van der Waals surface area contributed by atoms with Gasteiger partial charge in [0.05, 0.1) is 17.9 Å². The number of benzene rings is 1. The standard InChI is InChI=1S/C14H12FNO4/c1-2-20-11(17)7-4-8-16-12-9(13(18)14(16)19)5-3-6-10(12)15/h3-7H,2,8H2,1H3/b7-4+. The van der Waals surface area contributed by atoms with E-state index in [1.165, 1.54) is 24.3 Å². The number of nitrogens with zero attached hydrogens (tertiary/aromatic N) is 1. The number of amides is 1. The maximum absolute atomic E-state index is 13.7. The lowest BCUT2D eigenvalue weighted by molar-refractivity contribution is -0.137. The molecule has 0 bridgehead atoms. The number of para-hydroxylation sites is 1. The topological polar surface area (TPSA) is 63.7 Å². The van der Waals surface area contributed by atoms with Gasteiger partial charge in [-0.15, -0.1) is 0 Å². The lowest BCUT2D eigenvalue weighted by Crippen LogP contribution is -2.30. The van der Waals surface area contributed by atoms with Crippen LogP contribution in [-0.2, 0) is 14.3 Å². The van der Waals surface area contributed by atoms with Gasteiger partial charge >= 0.3 is 5.97 Å². The van der Waals surface area contributed by atoms with Crippen molar-refractivity contribution in [2.75, 3.05) is 18.1 Å². The van der Waals surface area contributed by atoms with Crippen LogP contribution in [0.25, 0.3) is 0 Å². The van der Waals surface area contributed by atoms with Gasteiger partial charge in [-0.05, 0) is 19.1 Å². The summed E-state index contributed by atoms with van der Waals surface area (Å²) in [7, 11) is 0. The second-order valence-corrected chi connectivity index (χ2v) is 4.04. The molecule has 0 aliphatic carbocycles. The molecule has 20 heavy (non-hydrogen) atoms. The summed E-state index contributed by atoms with van der Waals surface area (Å²) < 4.78 is 18.4. The molecule has 0 aromatic heterocycles. The van der Waals surface area contributed by atoms with E-state index in [1.807, 2.05) is 0 Å². The molecule has 1 aliphatic heterocycles. The van der Waals surface area contributed by atoms with Gasteiger partial charge in [0.1, 0.15) is 5.82 Å². The number of Topliss-reactive ketones (excluding diaryl/α,β-unsaturated/α-hetero) is 1. The molecule has 0 saturated heterocycles. The van der Waals surface area contributed by atoms with Crippen molar-refractivity contribution in [3.05, 3.63) is 41.7 Å². The Balaban J connectivity index is 2.20. The van der Waals surface area contributed by atoms with Gasteiger partial charge in [-0.25, -0.2) is 9.18 Å². The van der Waals surface area contributed by atoms with Crippen molar-refractivity contribution in [3.8, 4) is 0 Å². The average molecular weight is 277 g/mol. The van der Waals surface area contributed by atoms with E-state index in [4.69, 9.17) is 0 Å². The van der Waals surface area contributed by atoms with Gasteiger partial charge in [0.2, 0.25) is 0 Å². The summed E-state index contributed by atoms with van der Waals surface area (Å²) in [6, 6.07) is 3.94. The molecular formula is C14H12FNO4. The zero-order chi connectivity index (χ0) is 14.7. The number of halogens is 1. The Labute approximate surface area is 114 Å². The van der Waals surface area contributed by atoms with E-state index in [9.17, 15) is 18.8 Å². The highest BCUT2D eigenvalue weighted by atomic mass is 19.1. The molecule has 2 rings (SSSR count). The zero-order valence-electron chi connectivity index (χ0n) is 10.8. The molecule has 1 heterocycles. The van der Waals surface area contributed by atoms with Gasteiger partial charge in [0.25, 0.3) is 11.7 Å². The van der Waals surface area contributed by atoms with Crippen LogP contribution in [0, 0.1) is 5.82 Å². The fourth-order valence-corrected chi connectivity index (χ4v) is 1.93. The van der Waals surface area contributed by atoms with Crippen molar-refractivity contribution in [3.63, 3.8) is 0 Å². The molecule has 0 unspecified atom stereocenters. The van der Waals surface area contributed by atoms with Crippen LogP contribution >= 0.6 is 0 Å². The monoisotopic (exact) mass is 277 g/mol. The quantitative estimate of drug-likeness (QED) is 0.475. The Morgan fingerprint density at radius 3 is 2.85 bits per heavy atom. The predicted octanol–water partition coefficient (Wildman–Crippen LogP) is 1.47. The van der Waals surface area contributed by atoms with E-state index in [-0.39, 0.29) is 24.4 Å². The molecule has 0 N–H and O–H groups in total. The van der Waals surface area contributed by atoms with Crippen LogP contribution in [0.2, 0.25) is 0 Å². The highest BCUT2D eigenvalue weighted by Crippen LogP contribution is 2.31. The number of carbonyl (C=O) groups excluding carboxylic acids is 3. The number of anilines is 1. The first-order chi connectivity index (χ1) is 9.56. The lowest BCUT2D eigenvalue weighted by Gasteiger charge is -2.14. The Hall–Kier alpha value is -2.50. The molecule has 0 fully saturated rings. The SMILES string of the molecule is CCOC(=O)/C=C/CN1C(=O)C(=O)c2cccc(F)c21. The van der Waals surface area contributed by atoms with Gasteiger partial charge in [-0.3, -0.25) is 14.5 Å². The summed E-state index contributed by atoms with van der Waals surface area (Å²) in [6.07, 6.45) is 2.49. The van der Waals surface area contributed by atoms with E-state index >= 15 is 0 Å². The summed E-state index contributed by atoms with van der Waals surface area (Å²) >= 11 is 0. The molecule has 0 spiro atoms. The number of rotatable bonds is 4. The molecule has 1 aromatic carbocycles. The third-order valence-corrected chi connectivity index (χ3v) is 2.77. The third-order valence-electron chi connectivity index (χ3n) is 2.77. The molecule has 0 radical (unpaired) electrons. The van der Waals surface area contributed by atoms with Crippen LogP contribution in [0.3, 0.4) is 0 Å². The first-order valence-corrected chi connectivity index (χ1v) is 6.04. The number of carbonyl (C=O) groups is 3. The van der Waals surface area contributed by atoms with Crippen molar-refractivity contribution >= 4 is 23.3 Å². The van der Waals surface area contributed by atoms with Gasteiger partial charge in [0.15, 0.2) is 0 Å². The van der Waals surface area contributed by atoms with Crippen molar-refractivity contribution < 1.29 is 23.5 Å². The summed E-state index contributed by atoms with van der Waals surface area (Å²) in [4.78, 5) is 35.6. The minimum absolute atomic E-state index is 0.0412. The highest BCUT2D eigenvalue weighted by molar-refractivity contribution is 6.52. The maximum Gasteiger partial charge on any atom is 0.330 e. The van der Waals surface area contributed by atoms with Crippen LogP contribution in [0.15, 0.2) is 30.4 Å². The van der Waals surface area contributed by atoms with Gasteiger partial charge in [0, 0.05) is 12.6 Å². The molecule has 6 heteroatoms. The number of hydrogen-bond acceptors (Lipinski definition) is 4. The largest absolute Gasteiger partial charge is 0.463 e. The fourth-order valence-electron chi connectivity index (χ4n) is 1.93. The molecule has 0 saturated carbocycles. The summed E-state index contributed by atoms with van der Waals surface area (Å²) in [5.74, 6) is -2.76. The van der Waals surface area contributed by atoms with E-state index in [2.05, 4.69) is 4.74 Å². The van der Waals surface area contributed by atoms with E-state index in [0.29, 0.717) is 0 Å². The van der Waals surface area contributed by atoms with Crippen molar-refractivity contribution in [1.29, 1.82) is 0 Å². The highest BCUT2D eigenvalue weighted by Gasteiger charge is 2.37. The Morgan fingerprint density at radius 1 is 1.40 bits per heavy atom. The molecule has 104 valence electrons. The van der Waals surface area contributed by atoms with Crippen molar-refractivity contribution in [1.82, 2.24) is 0 Å². The first kappa shape index (κ1) is 13.9. The number of ether oxygens (including phenoxy) is 1. The minimum Gasteiger partial charge on any atom is -0.463 e. The molecule has 0 atom stereocenters. The van der Waals surface area contributed by atoms with E-state index in [1.54, 1.807) is 6.92 Å². The lowest BCUT2D eigenvalue weighted by atomic mass is 10.1. The van der Waals surface area contributed by atoms with Gasteiger partial charge in [-0.2, -0.15) is 0 Å². The third kappa shape index (κ3) is 2.45. The molecule has 1 aromatic rings. The van der Waals surface area contributed by atoms with E-state index < -0.39 is 23.5 Å². The Kier molecular flexibility index (Phi) is 3.93. The number of ketones is 1. The molecule has 5 nitrogen and oxygen atoms in total. The normalized spacial score (nSPS) is 14.0. The van der Waals surface area contributed by atoms with Crippen LogP contribution in [0.4, 0.5) is 10.1 Å². The maximum atomic E-state index is 13.7. The van der Waals surface area contributed by atoms with Crippen molar-refractivity contribution in [2.24, 2.45) is 0 Å². The zero-order valence-corrected chi connectivity index (χ0v) is 10.8. The van der Waals surface area contributed by atoms with Crippen LogP contribution in [0.5, 0.6) is 0 Å². The van der Waals surface area contributed by atoms with E-state index in [0.717, 1.165) is 11.0 Å². The van der Waals surface area contributed by atoms with Crippen LogP contribution in [-0.4, -0.2) is 30.8 Å². The Morgan fingerprint density at radius 2 is 2.15 bits per heavy atom. The second kappa shape index (κ2) is 5.64.